The standard InChI is InChI=1S/C14H18N2O3/c1-18-9-5-4-8-16-14(17)11-19-13-7-3-2-6-12(13)10-15/h2-3,6-7H,4-5,8-9,11H2,1H3,(H,16,17). The largest absolute Gasteiger partial charge is 0.482 e. The van der Waals surface area contributed by atoms with Gasteiger partial charge in [-0.25, -0.2) is 0 Å². The average molecular weight is 262 g/mol. The third-order valence-corrected chi connectivity index (χ3v) is 2.46. The lowest BCUT2D eigenvalue weighted by molar-refractivity contribution is -0.123. The zero-order valence-corrected chi connectivity index (χ0v) is 11.0. The molecule has 5 heteroatoms. The minimum atomic E-state index is -0.190. The monoisotopic (exact) mass is 262 g/mol. The number of carbonyl (C=O) groups excluding carboxylic acids is 1. The van der Waals surface area contributed by atoms with Gasteiger partial charge in [0.1, 0.15) is 11.8 Å². The van der Waals surface area contributed by atoms with Gasteiger partial charge >= 0.3 is 0 Å². The summed E-state index contributed by atoms with van der Waals surface area (Å²) in [5.74, 6) is 0.240. The maximum absolute atomic E-state index is 11.5. The first-order chi connectivity index (χ1) is 9.27. The fourth-order valence-electron chi connectivity index (χ4n) is 1.48. The first-order valence-corrected chi connectivity index (χ1v) is 6.15. The highest BCUT2D eigenvalue weighted by Gasteiger charge is 2.05. The number of ether oxygens (including phenoxy) is 2. The summed E-state index contributed by atoms with van der Waals surface area (Å²) in [4.78, 5) is 11.5. The van der Waals surface area contributed by atoms with E-state index in [0.29, 0.717) is 24.5 Å². The molecular weight excluding hydrogens is 244 g/mol. The van der Waals surface area contributed by atoms with Crippen LogP contribution in [0.25, 0.3) is 0 Å². The summed E-state index contributed by atoms with van der Waals surface area (Å²) in [6, 6.07) is 8.85. The van der Waals surface area contributed by atoms with E-state index in [9.17, 15) is 4.79 Å². The summed E-state index contributed by atoms with van der Waals surface area (Å²) in [6.07, 6.45) is 1.78. The maximum atomic E-state index is 11.5. The lowest BCUT2D eigenvalue weighted by Gasteiger charge is -2.08. The van der Waals surface area contributed by atoms with Gasteiger partial charge in [0, 0.05) is 20.3 Å². The molecule has 0 saturated carbocycles. The van der Waals surface area contributed by atoms with Crippen LogP contribution in [0.3, 0.4) is 0 Å². The zero-order valence-electron chi connectivity index (χ0n) is 11.0. The van der Waals surface area contributed by atoms with Crippen molar-refractivity contribution in [3.8, 4) is 11.8 Å². The van der Waals surface area contributed by atoms with Crippen LogP contribution < -0.4 is 10.1 Å². The van der Waals surface area contributed by atoms with Gasteiger partial charge in [0.2, 0.25) is 0 Å². The summed E-state index contributed by atoms with van der Waals surface area (Å²) in [5.41, 5.74) is 0.426. The number of nitriles is 1. The van der Waals surface area contributed by atoms with E-state index in [1.165, 1.54) is 0 Å². The van der Waals surface area contributed by atoms with Gasteiger partial charge in [-0.2, -0.15) is 5.26 Å². The van der Waals surface area contributed by atoms with Crippen molar-refractivity contribution in [1.82, 2.24) is 5.32 Å². The Kier molecular flexibility index (Phi) is 7.06. The Labute approximate surface area is 113 Å². The van der Waals surface area contributed by atoms with Crippen LogP contribution in [0.1, 0.15) is 18.4 Å². The van der Waals surface area contributed by atoms with Crippen LogP contribution in [0.2, 0.25) is 0 Å². The number of para-hydroxylation sites is 1. The van der Waals surface area contributed by atoms with Crippen LogP contribution in [0.15, 0.2) is 24.3 Å². The predicted molar refractivity (Wildman–Crippen MR) is 70.8 cm³/mol. The molecule has 1 aromatic rings. The molecule has 1 aromatic carbocycles. The minimum absolute atomic E-state index is 0.0804. The average Bonchev–Trinajstić information content (AvgIpc) is 2.45. The summed E-state index contributed by atoms with van der Waals surface area (Å²) in [5, 5.41) is 11.6. The first kappa shape index (κ1) is 15.0. The topological polar surface area (TPSA) is 71.3 Å². The molecule has 1 rings (SSSR count). The van der Waals surface area contributed by atoms with Gasteiger partial charge in [0.15, 0.2) is 6.61 Å². The SMILES string of the molecule is COCCCCNC(=O)COc1ccccc1C#N. The number of carbonyl (C=O) groups is 1. The van der Waals surface area contributed by atoms with Gasteiger partial charge < -0.3 is 14.8 Å². The number of rotatable bonds is 8. The van der Waals surface area contributed by atoms with E-state index in [1.54, 1.807) is 31.4 Å². The number of methoxy groups -OCH3 is 1. The van der Waals surface area contributed by atoms with Gasteiger partial charge in [-0.15, -0.1) is 0 Å². The summed E-state index contributed by atoms with van der Waals surface area (Å²) in [7, 11) is 1.65. The Hall–Kier alpha value is -2.06. The molecule has 0 heterocycles. The quantitative estimate of drug-likeness (QED) is 0.720. The molecular formula is C14H18N2O3. The van der Waals surface area contributed by atoms with E-state index < -0.39 is 0 Å². The second-order valence-corrected chi connectivity index (χ2v) is 3.95. The lowest BCUT2D eigenvalue weighted by atomic mass is 10.2. The van der Waals surface area contributed by atoms with Crippen LogP contribution in [-0.2, 0) is 9.53 Å². The second kappa shape index (κ2) is 8.95. The number of amides is 1. The van der Waals surface area contributed by atoms with E-state index >= 15 is 0 Å². The molecule has 0 bridgehead atoms. The fourth-order valence-corrected chi connectivity index (χ4v) is 1.48. The second-order valence-electron chi connectivity index (χ2n) is 3.95. The molecule has 1 amide bonds. The Morgan fingerprint density at radius 1 is 1.37 bits per heavy atom. The third kappa shape index (κ3) is 5.89. The van der Waals surface area contributed by atoms with Crippen LogP contribution in [0.5, 0.6) is 5.75 Å². The van der Waals surface area contributed by atoms with Crippen molar-refractivity contribution < 1.29 is 14.3 Å². The highest BCUT2D eigenvalue weighted by molar-refractivity contribution is 5.77. The van der Waals surface area contributed by atoms with E-state index in [0.717, 1.165) is 12.8 Å². The normalized spacial score (nSPS) is 9.68. The maximum Gasteiger partial charge on any atom is 0.257 e. The summed E-state index contributed by atoms with van der Waals surface area (Å²) < 4.78 is 10.2. The van der Waals surface area contributed by atoms with Gasteiger partial charge in [0.25, 0.3) is 5.91 Å². The van der Waals surface area contributed by atoms with Gasteiger partial charge in [-0.1, -0.05) is 12.1 Å². The number of benzene rings is 1. The molecule has 19 heavy (non-hydrogen) atoms. The molecule has 1 N–H and O–H groups in total. The number of nitrogens with zero attached hydrogens (tertiary/aromatic N) is 1. The smallest absolute Gasteiger partial charge is 0.257 e. The molecule has 0 aromatic heterocycles. The van der Waals surface area contributed by atoms with Crippen molar-refractivity contribution in [3.63, 3.8) is 0 Å². The summed E-state index contributed by atoms with van der Waals surface area (Å²) in [6.45, 7) is 1.22. The number of unbranched alkanes of at least 4 members (excludes halogenated alkanes) is 1. The zero-order chi connectivity index (χ0) is 13.9. The van der Waals surface area contributed by atoms with E-state index in [2.05, 4.69) is 5.32 Å². The van der Waals surface area contributed by atoms with Crippen LogP contribution >= 0.6 is 0 Å². The summed E-state index contributed by atoms with van der Waals surface area (Å²) >= 11 is 0. The van der Waals surface area contributed by atoms with Crippen molar-refractivity contribution >= 4 is 5.91 Å². The van der Waals surface area contributed by atoms with Crippen LogP contribution in [0.4, 0.5) is 0 Å². The molecule has 0 saturated heterocycles. The fraction of sp³-hybridized carbons (Fsp3) is 0.429. The van der Waals surface area contributed by atoms with E-state index in [1.807, 2.05) is 6.07 Å². The highest BCUT2D eigenvalue weighted by Crippen LogP contribution is 2.15. The molecule has 0 unspecified atom stereocenters. The van der Waals surface area contributed by atoms with E-state index in [4.69, 9.17) is 14.7 Å². The van der Waals surface area contributed by atoms with Crippen molar-refractivity contribution in [2.24, 2.45) is 0 Å². The minimum Gasteiger partial charge on any atom is -0.482 e. The first-order valence-electron chi connectivity index (χ1n) is 6.15. The van der Waals surface area contributed by atoms with Crippen LogP contribution in [0, 0.1) is 11.3 Å². The molecule has 0 aliphatic carbocycles. The Balaban J connectivity index is 2.25. The van der Waals surface area contributed by atoms with Gasteiger partial charge in [-0.3, -0.25) is 4.79 Å². The molecule has 0 fully saturated rings. The Morgan fingerprint density at radius 2 is 2.16 bits per heavy atom. The molecule has 0 aliphatic rings. The lowest BCUT2D eigenvalue weighted by Crippen LogP contribution is -2.29. The number of hydrogen-bond acceptors (Lipinski definition) is 4. The number of nitrogens with one attached hydrogen (secondary N) is 1. The van der Waals surface area contributed by atoms with Gasteiger partial charge in [0.05, 0.1) is 5.56 Å². The molecule has 5 nitrogen and oxygen atoms in total. The molecule has 102 valence electrons. The molecule has 0 atom stereocenters. The van der Waals surface area contributed by atoms with Crippen LogP contribution in [-0.4, -0.2) is 32.8 Å². The Bertz CT molecular complexity index is 441. The van der Waals surface area contributed by atoms with Crippen molar-refractivity contribution in [1.29, 1.82) is 5.26 Å². The van der Waals surface area contributed by atoms with Crippen molar-refractivity contribution in [3.05, 3.63) is 29.8 Å². The predicted octanol–water partition coefficient (Wildman–Crippen LogP) is 1.48. The van der Waals surface area contributed by atoms with Crippen molar-refractivity contribution in [2.45, 2.75) is 12.8 Å². The molecule has 0 spiro atoms. The van der Waals surface area contributed by atoms with Gasteiger partial charge in [-0.05, 0) is 25.0 Å². The van der Waals surface area contributed by atoms with E-state index in [-0.39, 0.29) is 12.5 Å². The number of hydrogen-bond donors (Lipinski definition) is 1. The molecule has 0 radical (unpaired) electrons. The Morgan fingerprint density at radius 3 is 2.89 bits per heavy atom. The highest BCUT2D eigenvalue weighted by atomic mass is 16.5. The third-order valence-electron chi connectivity index (χ3n) is 2.46. The molecule has 0 aliphatic heterocycles. The van der Waals surface area contributed by atoms with Crippen molar-refractivity contribution in [2.75, 3.05) is 26.9 Å².